The van der Waals surface area contributed by atoms with Gasteiger partial charge in [0, 0.05) is 12.5 Å². The third kappa shape index (κ3) is 6.01. The molecule has 0 saturated heterocycles. The summed E-state index contributed by atoms with van der Waals surface area (Å²) in [6, 6.07) is 0. The second-order valence-electron chi connectivity index (χ2n) is 2.77. The number of amides is 1. The molecule has 0 aromatic heterocycles. The molecule has 0 aliphatic carbocycles. The van der Waals surface area contributed by atoms with Gasteiger partial charge in [0.05, 0.1) is 11.7 Å². The molecule has 68 valence electrons. The third-order valence-corrected chi connectivity index (χ3v) is 1.46. The fraction of sp³-hybridized carbons (Fsp3) is 0.750. The Morgan fingerprint density at radius 2 is 2.33 bits per heavy atom. The van der Waals surface area contributed by atoms with Gasteiger partial charge in [-0.2, -0.15) is 0 Å². The van der Waals surface area contributed by atoms with Crippen LogP contribution in [0.4, 0.5) is 0 Å². The van der Waals surface area contributed by atoms with Crippen molar-refractivity contribution in [2.24, 2.45) is 10.9 Å². The fourth-order valence-corrected chi connectivity index (χ4v) is 0.711. The van der Waals surface area contributed by atoms with Crippen LogP contribution in [-0.2, 0) is 4.79 Å². The van der Waals surface area contributed by atoms with Gasteiger partial charge in [0.25, 0.3) is 0 Å². The maximum absolute atomic E-state index is 11.0. The minimum atomic E-state index is 0.0546. The van der Waals surface area contributed by atoms with E-state index < -0.39 is 0 Å². The molecule has 0 aliphatic rings. The lowest BCUT2D eigenvalue weighted by Crippen LogP contribution is -2.28. The number of rotatable bonds is 5. The summed E-state index contributed by atoms with van der Waals surface area (Å²) in [4.78, 5) is 14.7. The predicted molar refractivity (Wildman–Crippen MR) is 52.4 cm³/mol. The van der Waals surface area contributed by atoms with E-state index in [1.165, 1.54) is 0 Å². The topological polar surface area (TPSA) is 41.5 Å². The maximum Gasteiger partial charge on any atom is 0.222 e. The van der Waals surface area contributed by atoms with Crippen LogP contribution in [0.2, 0.25) is 0 Å². The van der Waals surface area contributed by atoms with E-state index >= 15 is 0 Å². The first-order valence-corrected chi connectivity index (χ1v) is 4.40. The van der Waals surface area contributed by atoms with Gasteiger partial charge < -0.3 is 5.32 Å². The number of nitrogens with zero attached hydrogens (tertiary/aromatic N) is 1. The molecule has 0 spiro atoms. The van der Waals surface area contributed by atoms with Crippen molar-refractivity contribution in [3.8, 4) is 0 Å². The van der Waals surface area contributed by atoms with Crippen LogP contribution in [0.1, 0.15) is 20.3 Å². The third-order valence-electron chi connectivity index (χ3n) is 1.33. The van der Waals surface area contributed by atoms with Crippen molar-refractivity contribution in [2.45, 2.75) is 20.3 Å². The van der Waals surface area contributed by atoms with Gasteiger partial charge in [-0.3, -0.25) is 4.79 Å². The number of aliphatic imine (C=N–C) groups is 1. The minimum Gasteiger partial charge on any atom is -0.356 e. The molecule has 1 amide bonds. The summed E-state index contributed by atoms with van der Waals surface area (Å²) in [5.41, 5.74) is 0. The van der Waals surface area contributed by atoms with Crippen LogP contribution >= 0.6 is 12.2 Å². The smallest absolute Gasteiger partial charge is 0.222 e. The Kier molecular flexibility index (Phi) is 6.53. The standard InChI is InChI=1S/C8H14N2OS/c1-7(2)8(11)10-5-3-4-9-6-12/h7H,3-5H2,1-2H3,(H,10,11). The maximum atomic E-state index is 11.0. The number of hydrogen-bond donors (Lipinski definition) is 1. The molecule has 0 radical (unpaired) electrons. The van der Waals surface area contributed by atoms with Crippen LogP contribution in [-0.4, -0.2) is 24.2 Å². The highest BCUT2D eigenvalue weighted by Crippen LogP contribution is 1.90. The van der Waals surface area contributed by atoms with Crippen molar-refractivity contribution in [3.05, 3.63) is 0 Å². The van der Waals surface area contributed by atoms with Crippen molar-refractivity contribution >= 4 is 23.3 Å². The van der Waals surface area contributed by atoms with Crippen molar-refractivity contribution in [3.63, 3.8) is 0 Å². The zero-order valence-corrected chi connectivity index (χ0v) is 8.28. The molecule has 0 aliphatic heterocycles. The lowest BCUT2D eigenvalue weighted by molar-refractivity contribution is -0.123. The van der Waals surface area contributed by atoms with Crippen molar-refractivity contribution in [2.75, 3.05) is 13.1 Å². The SMILES string of the molecule is CC(C)C(=O)NCCCN=C=S. The Hall–Kier alpha value is -0.730. The van der Waals surface area contributed by atoms with Gasteiger partial charge in [-0.05, 0) is 18.6 Å². The van der Waals surface area contributed by atoms with Gasteiger partial charge in [0.1, 0.15) is 0 Å². The van der Waals surface area contributed by atoms with E-state index in [1.54, 1.807) is 0 Å². The van der Waals surface area contributed by atoms with E-state index in [4.69, 9.17) is 0 Å². The molecular formula is C8H14N2OS. The van der Waals surface area contributed by atoms with Crippen LogP contribution in [0.5, 0.6) is 0 Å². The number of carbonyl (C=O) groups excluding carboxylic acids is 1. The lowest BCUT2D eigenvalue weighted by atomic mass is 10.2. The molecule has 1 N–H and O–H groups in total. The Bertz CT molecular complexity index is 185. The van der Waals surface area contributed by atoms with E-state index in [0.717, 1.165) is 6.42 Å². The first-order chi connectivity index (χ1) is 5.68. The largest absolute Gasteiger partial charge is 0.356 e. The molecular weight excluding hydrogens is 172 g/mol. The summed E-state index contributed by atoms with van der Waals surface area (Å²) in [6.45, 7) is 5.04. The summed E-state index contributed by atoms with van der Waals surface area (Å²) in [7, 11) is 0. The van der Waals surface area contributed by atoms with Crippen molar-refractivity contribution < 1.29 is 4.79 Å². The molecule has 0 bridgehead atoms. The molecule has 0 rings (SSSR count). The normalized spacial score (nSPS) is 9.25. The Morgan fingerprint density at radius 3 is 2.83 bits per heavy atom. The molecule has 0 aromatic carbocycles. The monoisotopic (exact) mass is 186 g/mol. The summed E-state index contributed by atoms with van der Waals surface area (Å²) in [6.07, 6.45) is 0.822. The number of carbonyl (C=O) groups is 1. The molecule has 12 heavy (non-hydrogen) atoms. The molecule has 0 saturated carbocycles. The second kappa shape index (κ2) is 6.95. The van der Waals surface area contributed by atoms with Gasteiger partial charge in [0.2, 0.25) is 5.91 Å². The van der Waals surface area contributed by atoms with Gasteiger partial charge in [-0.1, -0.05) is 13.8 Å². The Labute approximate surface area is 78.3 Å². The van der Waals surface area contributed by atoms with E-state index in [1.807, 2.05) is 13.8 Å². The number of thiocarbonyl (C=S) groups is 1. The average molecular weight is 186 g/mol. The second-order valence-corrected chi connectivity index (χ2v) is 2.95. The summed E-state index contributed by atoms with van der Waals surface area (Å²) < 4.78 is 0. The highest BCUT2D eigenvalue weighted by Gasteiger charge is 2.03. The minimum absolute atomic E-state index is 0.0546. The molecule has 0 unspecified atom stereocenters. The number of nitrogens with one attached hydrogen (secondary N) is 1. The first kappa shape index (κ1) is 11.3. The number of isothiocyanates is 1. The summed E-state index contributed by atoms with van der Waals surface area (Å²) >= 11 is 4.39. The Morgan fingerprint density at radius 1 is 1.67 bits per heavy atom. The Balaban J connectivity index is 3.31. The van der Waals surface area contributed by atoms with E-state index in [9.17, 15) is 4.79 Å². The van der Waals surface area contributed by atoms with E-state index in [0.29, 0.717) is 13.1 Å². The zero-order chi connectivity index (χ0) is 9.40. The molecule has 4 heteroatoms. The van der Waals surface area contributed by atoms with Crippen molar-refractivity contribution in [1.29, 1.82) is 0 Å². The van der Waals surface area contributed by atoms with Crippen LogP contribution in [0.3, 0.4) is 0 Å². The number of hydrogen-bond acceptors (Lipinski definition) is 3. The molecule has 0 atom stereocenters. The average Bonchev–Trinajstić information content (AvgIpc) is 2.03. The predicted octanol–water partition coefficient (Wildman–Crippen LogP) is 1.25. The van der Waals surface area contributed by atoms with Gasteiger partial charge in [-0.25, -0.2) is 4.99 Å². The molecule has 0 fully saturated rings. The summed E-state index contributed by atoms with van der Waals surface area (Å²) in [5, 5.41) is 5.05. The fourth-order valence-electron chi connectivity index (χ4n) is 0.619. The highest BCUT2D eigenvalue weighted by atomic mass is 32.1. The van der Waals surface area contributed by atoms with Crippen LogP contribution in [0, 0.1) is 5.92 Å². The lowest BCUT2D eigenvalue weighted by Gasteiger charge is -2.05. The van der Waals surface area contributed by atoms with Gasteiger partial charge in [-0.15, -0.1) is 0 Å². The molecule has 0 aromatic rings. The quantitative estimate of drug-likeness (QED) is 0.399. The van der Waals surface area contributed by atoms with Crippen LogP contribution in [0.15, 0.2) is 4.99 Å². The molecule has 0 heterocycles. The van der Waals surface area contributed by atoms with E-state index in [2.05, 4.69) is 27.7 Å². The first-order valence-electron chi connectivity index (χ1n) is 4.00. The zero-order valence-electron chi connectivity index (χ0n) is 7.46. The van der Waals surface area contributed by atoms with Gasteiger partial charge >= 0.3 is 0 Å². The molecule has 3 nitrogen and oxygen atoms in total. The van der Waals surface area contributed by atoms with Crippen LogP contribution < -0.4 is 5.32 Å². The van der Waals surface area contributed by atoms with Crippen molar-refractivity contribution in [1.82, 2.24) is 5.32 Å². The highest BCUT2D eigenvalue weighted by molar-refractivity contribution is 7.78. The summed E-state index contributed by atoms with van der Waals surface area (Å²) in [5.74, 6) is 0.139. The van der Waals surface area contributed by atoms with Crippen LogP contribution in [0.25, 0.3) is 0 Å². The van der Waals surface area contributed by atoms with E-state index in [-0.39, 0.29) is 11.8 Å². The van der Waals surface area contributed by atoms with Gasteiger partial charge in [0.15, 0.2) is 0 Å².